The van der Waals surface area contributed by atoms with Crippen LogP contribution in [0, 0.1) is 6.92 Å². The number of benzene rings is 1. The molecule has 2 aromatic heterocycles. The van der Waals surface area contributed by atoms with E-state index >= 15 is 0 Å². The van der Waals surface area contributed by atoms with Crippen molar-refractivity contribution in [3.63, 3.8) is 0 Å². The zero-order valence-electron chi connectivity index (χ0n) is 13.4. The average Bonchev–Trinajstić information content (AvgIpc) is 3.13. The van der Waals surface area contributed by atoms with Gasteiger partial charge in [0.15, 0.2) is 0 Å². The molecule has 0 saturated heterocycles. The maximum absolute atomic E-state index is 11.9. The molecule has 0 bridgehead atoms. The van der Waals surface area contributed by atoms with E-state index in [4.69, 9.17) is 0 Å². The molecule has 0 fully saturated rings. The van der Waals surface area contributed by atoms with Crippen molar-refractivity contribution in [2.24, 2.45) is 0 Å². The van der Waals surface area contributed by atoms with Crippen molar-refractivity contribution >= 4 is 6.03 Å². The van der Waals surface area contributed by atoms with E-state index in [9.17, 15) is 4.79 Å². The van der Waals surface area contributed by atoms with Crippen LogP contribution in [0.3, 0.4) is 0 Å². The van der Waals surface area contributed by atoms with Crippen molar-refractivity contribution in [2.75, 3.05) is 0 Å². The summed E-state index contributed by atoms with van der Waals surface area (Å²) in [6.07, 6.45) is 6.98. The summed E-state index contributed by atoms with van der Waals surface area (Å²) in [5.74, 6) is 0.792. The van der Waals surface area contributed by atoms with Gasteiger partial charge in [0, 0.05) is 31.7 Å². The third-order valence-electron chi connectivity index (χ3n) is 3.57. The lowest BCUT2D eigenvalue weighted by molar-refractivity contribution is 0.240. The second-order valence-electron chi connectivity index (χ2n) is 5.52. The second kappa shape index (κ2) is 7.41. The van der Waals surface area contributed by atoms with Crippen LogP contribution in [0.1, 0.15) is 16.7 Å². The third kappa shape index (κ3) is 4.19. The lowest BCUT2D eigenvalue weighted by Gasteiger charge is -2.09. The highest BCUT2D eigenvalue weighted by Gasteiger charge is 2.02. The van der Waals surface area contributed by atoms with E-state index < -0.39 is 0 Å². The number of nitrogens with zero attached hydrogens (tertiary/aromatic N) is 3. The van der Waals surface area contributed by atoms with Crippen LogP contribution in [0.5, 0.6) is 0 Å². The SMILES string of the molecule is Cc1cccc(CNC(=O)NCc2ccc(-n3ccnc3)nc2)c1. The van der Waals surface area contributed by atoms with Crippen molar-refractivity contribution in [3.8, 4) is 5.82 Å². The lowest BCUT2D eigenvalue weighted by Crippen LogP contribution is -2.34. The van der Waals surface area contributed by atoms with Gasteiger partial charge in [-0.15, -0.1) is 0 Å². The predicted molar refractivity (Wildman–Crippen MR) is 91.6 cm³/mol. The third-order valence-corrected chi connectivity index (χ3v) is 3.57. The molecule has 2 N–H and O–H groups in total. The van der Waals surface area contributed by atoms with Gasteiger partial charge in [-0.1, -0.05) is 35.9 Å². The molecule has 0 unspecified atom stereocenters. The summed E-state index contributed by atoms with van der Waals surface area (Å²) < 4.78 is 1.83. The molecule has 0 aliphatic rings. The van der Waals surface area contributed by atoms with Crippen LogP contribution in [0.2, 0.25) is 0 Å². The number of aromatic nitrogens is 3. The molecule has 3 rings (SSSR count). The number of aryl methyl sites for hydroxylation is 1. The van der Waals surface area contributed by atoms with Crippen LogP contribution in [-0.2, 0) is 13.1 Å². The molecule has 0 aliphatic carbocycles. The van der Waals surface area contributed by atoms with Crippen LogP contribution in [0.4, 0.5) is 4.79 Å². The highest BCUT2D eigenvalue weighted by Crippen LogP contribution is 2.05. The Morgan fingerprint density at radius 3 is 2.62 bits per heavy atom. The van der Waals surface area contributed by atoms with E-state index in [-0.39, 0.29) is 6.03 Å². The quantitative estimate of drug-likeness (QED) is 0.758. The van der Waals surface area contributed by atoms with Crippen molar-refractivity contribution in [1.82, 2.24) is 25.2 Å². The van der Waals surface area contributed by atoms with Crippen LogP contribution >= 0.6 is 0 Å². The van der Waals surface area contributed by atoms with Gasteiger partial charge in [0.05, 0.1) is 0 Å². The van der Waals surface area contributed by atoms with Gasteiger partial charge in [0.25, 0.3) is 0 Å². The molecule has 3 aromatic rings. The highest BCUT2D eigenvalue weighted by molar-refractivity contribution is 5.73. The minimum absolute atomic E-state index is 0.199. The highest BCUT2D eigenvalue weighted by atomic mass is 16.2. The fraction of sp³-hybridized carbons (Fsp3) is 0.167. The summed E-state index contributed by atoms with van der Waals surface area (Å²) in [5, 5.41) is 5.68. The predicted octanol–water partition coefficient (Wildman–Crippen LogP) is 2.58. The second-order valence-corrected chi connectivity index (χ2v) is 5.52. The Kier molecular flexibility index (Phi) is 4.86. The summed E-state index contributed by atoms with van der Waals surface area (Å²) in [6, 6.07) is 11.7. The number of urea groups is 1. The number of imidazole rings is 1. The molecule has 0 aliphatic heterocycles. The first kappa shape index (κ1) is 15.7. The number of carbonyl (C=O) groups is 1. The first-order valence-corrected chi connectivity index (χ1v) is 7.71. The molecule has 2 amide bonds. The van der Waals surface area contributed by atoms with Gasteiger partial charge >= 0.3 is 6.03 Å². The first-order valence-electron chi connectivity index (χ1n) is 7.71. The van der Waals surface area contributed by atoms with E-state index in [2.05, 4.69) is 26.7 Å². The maximum atomic E-state index is 11.9. The molecule has 2 heterocycles. The molecule has 0 saturated carbocycles. The van der Waals surface area contributed by atoms with Gasteiger partial charge in [0.1, 0.15) is 12.1 Å². The molecule has 6 heteroatoms. The monoisotopic (exact) mass is 321 g/mol. The number of hydrogen-bond donors (Lipinski definition) is 2. The number of carbonyl (C=O) groups excluding carboxylic acids is 1. The van der Waals surface area contributed by atoms with Crippen molar-refractivity contribution in [2.45, 2.75) is 20.0 Å². The zero-order valence-corrected chi connectivity index (χ0v) is 13.4. The Morgan fingerprint density at radius 1 is 1.12 bits per heavy atom. The molecule has 1 aromatic carbocycles. The number of amides is 2. The molecule has 24 heavy (non-hydrogen) atoms. The summed E-state index contributed by atoms with van der Waals surface area (Å²) in [6.45, 7) is 2.96. The number of hydrogen-bond acceptors (Lipinski definition) is 3. The van der Waals surface area contributed by atoms with Gasteiger partial charge < -0.3 is 10.6 Å². The summed E-state index contributed by atoms with van der Waals surface area (Å²) in [4.78, 5) is 20.2. The number of pyridine rings is 1. The van der Waals surface area contributed by atoms with E-state index in [0.717, 1.165) is 16.9 Å². The standard InChI is InChI=1S/C18H19N5O/c1-14-3-2-4-15(9-14)10-21-18(24)22-12-16-5-6-17(20-11-16)23-8-7-19-13-23/h2-9,11,13H,10,12H2,1H3,(H2,21,22,24). The molecular formula is C18H19N5O. The average molecular weight is 321 g/mol. The Bertz CT molecular complexity index is 797. The van der Waals surface area contributed by atoms with Gasteiger partial charge in [-0.2, -0.15) is 0 Å². The molecule has 6 nitrogen and oxygen atoms in total. The fourth-order valence-corrected chi connectivity index (χ4v) is 2.32. The minimum Gasteiger partial charge on any atom is -0.334 e. The Labute approximate surface area is 140 Å². The minimum atomic E-state index is -0.199. The van der Waals surface area contributed by atoms with E-state index in [1.807, 2.05) is 48.0 Å². The van der Waals surface area contributed by atoms with Crippen molar-refractivity contribution < 1.29 is 4.79 Å². The van der Waals surface area contributed by atoms with Gasteiger partial charge in [-0.05, 0) is 24.1 Å². The zero-order chi connectivity index (χ0) is 16.8. The maximum Gasteiger partial charge on any atom is 0.315 e. The van der Waals surface area contributed by atoms with Crippen LogP contribution in [-0.4, -0.2) is 20.6 Å². The van der Waals surface area contributed by atoms with Gasteiger partial charge in [-0.25, -0.2) is 14.8 Å². The molecule has 0 radical (unpaired) electrons. The Morgan fingerprint density at radius 2 is 1.96 bits per heavy atom. The number of rotatable bonds is 5. The van der Waals surface area contributed by atoms with E-state index in [1.165, 1.54) is 5.56 Å². The van der Waals surface area contributed by atoms with Gasteiger partial charge in [0.2, 0.25) is 0 Å². The van der Waals surface area contributed by atoms with Crippen molar-refractivity contribution in [1.29, 1.82) is 0 Å². The topological polar surface area (TPSA) is 71.8 Å². The summed E-state index contributed by atoms with van der Waals surface area (Å²) >= 11 is 0. The molecule has 0 spiro atoms. The van der Waals surface area contributed by atoms with Gasteiger partial charge in [-0.3, -0.25) is 4.57 Å². The Hall–Kier alpha value is -3.15. The van der Waals surface area contributed by atoms with Crippen LogP contribution in [0.15, 0.2) is 61.3 Å². The Balaban J connectivity index is 1.47. The number of nitrogens with one attached hydrogen (secondary N) is 2. The largest absolute Gasteiger partial charge is 0.334 e. The summed E-state index contributed by atoms with van der Waals surface area (Å²) in [7, 11) is 0. The molecule has 0 atom stereocenters. The first-order chi connectivity index (χ1) is 11.7. The normalized spacial score (nSPS) is 10.4. The lowest BCUT2D eigenvalue weighted by atomic mass is 10.1. The molecular weight excluding hydrogens is 302 g/mol. The van der Waals surface area contributed by atoms with Crippen LogP contribution in [0.25, 0.3) is 5.82 Å². The summed E-state index contributed by atoms with van der Waals surface area (Å²) in [5.41, 5.74) is 3.19. The van der Waals surface area contributed by atoms with Crippen LogP contribution < -0.4 is 10.6 Å². The van der Waals surface area contributed by atoms with E-state index in [1.54, 1.807) is 18.7 Å². The smallest absolute Gasteiger partial charge is 0.315 e. The molecule has 122 valence electrons. The fourth-order valence-electron chi connectivity index (χ4n) is 2.32. The van der Waals surface area contributed by atoms with E-state index in [0.29, 0.717) is 13.1 Å². The van der Waals surface area contributed by atoms with Crippen molar-refractivity contribution in [3.05, 3.63) is 78.0 Å².